The standard InChI is InChI=1S/C22H30BrClN4O4/c1-22(2,3)32-21(30)27-8-6-14(7-9-27)28-18-13-16(24)15(23)12-17(18)25-19(20(28)29)31-11-10-26(4)5/h12-14H,6-11H2,1-5H3. The van der Waals surface area contributed by atoms with Crippen LogP contribution in [0.5, 0.6) is 5.88 Å². The van der Waals surface area contributed by atoms with Gasteiger partial charge in [0.15, 0.2) is 0 Å². The minimum Gasteiger partial charge on any atom is -0.472 e. The Balaban J connectivity index is 1.91. The van der Waals surface area contributed by atoms with Crippen molar-refractivity contribution in [3.05, 3.63) is 32.0 Å². The number of aromatic nitrogens is 2. The van der Waals surface area contributed by atoms with Crippen molar-refractivity contribution < 1.29 is 14.3 Å². The monoisotopic (exact) mass is 528 g/mol. The molecule has 2 aromatic rings. The second-order valence-electron chi connectivity index (χ2n) is 9.20. The normalized spacial score (nSPS) is 15.4. The Morgan fingerprint density at radius 3 is 2.53 bits per heavy atom. The number of carbonyl (C=O) groups excluding carboxylic acids is 1. The Morgan fingerprint density at radius 1 is 1.28 bits per heavy atom. The number of ether oxygens (including phenoxy) is 2. The lowest BCUT2D eigenvalue weighted by Gasteiger charge is -2.34. The number of fused-ring (bicyclic) bond motifs is 1. The van der Waals surface area contributed by atoms with Gasteiger partial charge in [0.1, 0.15) is 12.2 Å². The third-order valence-corrected chi connectivity index (χ3v) is 6.36. The fraction of sp³-hybridized carbons (Fsp3) is 0.591. The van der Waals surface area contributed by atoms with E-state index >= 15 is 0 Å². The SMILES string of the molecule is CN(C)CCOc1nc2cc(Br)c(Cl)cc2n(C2CCN(C(=O)OC(C)(C)C)CC2)c1=O. The lowest BCUT2D eigenvalue weighted by atomic mass is 10.0. The first-order chi connectivity index (χ1) is 15.0. The van der Waals surface area contributed by atoms with E-state index in [0.717, 1.165) is 0 Å². The molecule has 0 N–H and O–H groups in total. The van der Waals surface area contributed by atoms with Crippen LogP contribution in [-0.2, 0) is 4.74 Å². The maximum absolute atomic E-state index is 13.4. The van der Waals surface area contributed by atoms with Crippen molar-refractivity contribution in [1.82, 2.24) is 19.4 Å². The average molecular weight is 530 g/mol. The Hall–Kier alpha value is -1.84. The molecule has 1 aromatic heterocycles. The molecule has 1 saturated heterocycles. The summed E-state index contributed by atoms with van der Waals surface area (Å²) < 4.78 is 13.7. The highest BCUT2D eigenvalue weighted by Gasteiger charge is 2.29. The molecule has 0 spiro atoms. The highest BCUT2D eigenvalue weighted by atomic mass is 79.9. The molecule has 1 aromatic carbocycles. The minimum absolute atomic E-state index is 0.0724. The third kappa shape index (κ3) is 5.94. The van der Waals surface area contributed by atoms with E-state index in [-0.39, 0.29) is 23.6 Å². The zero-order valence-corrected chi connectivity index (χ0v) is 21.5. The Kier molecular flexibility index (Phi) is 7.73. The van der Waals surface area contributed by atoms with Gasteiger partial charge >= 0.3 is 11.7 Å². The fourth-order valence-electron chi connectivity index (χ4n) is 3.59. The first kappa shape index (κ1) is 24.8. The Morgan fingerprint density at radius 2 is 1.94 bits per heavy atom. The molecule has 176 valence electrons. The van der Waals surface area contributed by atoms with Gasteiger partial charge in [-0.3, -0.25) is 9.36 Å². The molecule has 0 bridgehead atoms. The molecular formula is C22H30BrClN4O4. The predicted octanol–water partition coefficient (Wildman–Crippen LogP) is 4.32. The molecule has 0 atom stereocenters. The van der Waals surface area contributed by atoms with Crippen LogP contribution in [0.1, 0.15) is 39.7 Å². The van der Waals surface area contributed by atoms with E-state index in [4.69, 9.17) is 21.1 Å². The molecule has 0 radical (unpaired) electrons. The molecule has 0 unspecified atom stereocenters. The molecule has 8 nitrogen and oxygen atoms in total. The lowest BCUT2D eigenvalue weighted by molar-refractivity contribution is 0.0188. The molecule has 2 heterocycles. The van der Waals surface area contributed by atoms with Crippen molar-refractivity contribution >= 4 is 44.7 Å². The molecule has 1 amide bonds. The number of likely N-dealkylation sites (N-methyl/N-ethyl adjacent to an activating group) is 1. The topological polar surface area (TPSA) is 76.9 Å². The van der Waals surface area contributed by atoms with Crippen LogP contribution in [0.4, 0.5) is 4.79 Å². The van der Waals surface area contributed by atoms with Gasteiger partial charge in [-0.25, -0.2) is 9.78 Å². The maximum atomic E-state index is 13.4. The predicted molar refractivity (Wildman–Crippen MR) is 129 cm³/mol. The number of amides is 1. The number of hydrogen-bond donors (Lipinski definition) is 0. The van der Waals surface area contributed by atoms with Gasteiger partial charge in [0.25, 0.3) is 5.88 Å². The number of likely N-dealkylation sites (tertiary alicyclic amines) is 1. The van der Waals surface area contributed by atoms with Crippen molar-refractivity contribution in [1.29, 1.82) is 0 Å². The molecular weight excluding hydrogens is 500 g/mol. The van der Waals surface area contributed by atoms with Crippen LogP contribution in [0.3, 0.4) is 0 Å². The first-order valence-corrected chi connectivity index (χ1v) is 11.8. The summed E-state index contributed by atoms with van der Waals surface area (Å²) >= 11 is 9.77. The van der Waals surface area contributed by atoms with Gasteiger partial charge in [-0.05, 0) is 75.8 Å². The third-order valence-electron chi connectivity index (χ3n) is 5.16. The lowest BCUT2D eigenvalue weighted by Crippen LogP contribution is -2.43. The summed E-state index contributed by atoms with van der Waals surface area (Å²) in [5.41, 5.74) is 0.439. The molecule has 0 aliphatic carbocycles. The highest BCUT2D eigenvalue weighted by Crippen LogP contribution is 2.31. The Bertz CT molecular complexity index is 1040. The number of benzene rings is 1. The summed E-state index contributed by atoms with van der Waals surface area (Å²) in [6.45, 7) is 7.55. The van der Waals surface area contributed by atoms with Gasteiger partial charge in [-0.15, -0.1) is 0 Å². The number of piperidine rings is 1. The molecule has 32 heavy (non-hydrogen) atoms. The number of nitrogens with zero attached hydrogens (tertiary/aromatic N) is 4. The zero-order valence-electron chi connectivity index (χ0n) is 19.2. The van der Waals surface area contributed by atoms with Crippen molar-refractivity contribution in [3.8, 4) is 5.88 Å². The van der Waals surface area contributed by atoms with Gasteiger partial charge in [0, 0.05) is 30.1 Å². The fourth-order valence-corrected chi connectivity index (χ4v) is 4.08. The molecule has 1 aliphatic heterocycles. The van der Waals surface area contributed by atoms with E-state index in [0.29, 0.717) is 59.6 Å². The van der Waals surface area contributed by atoms with Crippen molar-refractivity contribution in [2.24, 2.45) is 0 Å². The van der Waals surface area contributed by atoms with E-state index < -0.39 is 5.60 Å². The van der Waals surface area contributed by atoms with Crippen molar-refractivity contribution in [3.63, 3.8) is 0 Å². The minimum atomic E-state index is -0.547. The van der Waals surface area contributed by atoms with Crippen LogP contribution in [-0.4, -0.2) is 71.4 Å². The van der Waals surface area contributed by atoms with Crippen LogP contribution < -0.4 is 10.3 Å². The summed E-state index contributed by atoms with van der Waals surface area (Å²) in [5.74, 6) is 0.0724. The van der Waals surface area contributed by atoms with Crippen molar-refractivity contribution in [2.45, 2.75) is 45.3 Å². The van der Waals surface area contributed by atoms with Crippen LogP contribution >= 0.6 is 27.5 Å². The second kappa shape index (κ2) is 9.97. The number of carbonyl (C=O) groups is 1. The molecule has 1 aliphatic rings. The van der Waals surface area contributed by atoms with E-state index in [1.165, 1.54) is 0 Å². The van der Waals surface area contributed by atoms with E-state index in [9.17, 15) is 9.59 Å². The highest BCUT2D eigenvalue weighted by molar-refractivity contribution is 9.10. The average Bonchev–Trinajstić information content (AvgIpc) is 2.69. The van der Waals surface area contributed by atoms with E-state index in [1.54, 1.807) is 21.6 Å². The molecule has 3 rings (SSSR count). The van der Waals surface area contributed by atoms with Gasteiger partial charge in [-0.2, -0.15) is 0 Å². The summed E-state index contributed by atoms with van der Waals surface area (Å²) in [7, 11) is 3.88. The van der Waals surface area contributed by atoms with E-state index in [1.807, 2.05) is 39.8 Å². The number of hydrogen-bond acceptors (Lipinski definition) is 6. The van der Waals surface area contributed by atoms with Crippen LogP contribution in [0.25, 0.3) is 11.0 Å². The van der Waals surface area contributed by atoms with Crippen LogP contribution in [0.2, 0.25) is 5.02 Å². The van der Waals surface area contributed by atoms with Gasteiger partial charge in [-0.1, -0.05) is 11.6 Å². The summed E-state index contributed by atoms with van der Waals surface area (Å²) in [4.78, 5) is 33.9. The van der Waals surface area contributed by atoms with E-state index in [2.05, 4.69) is 20.9 Å². The second-order valence-corrected chi connectivity index (χ2v) is 10.5. The Labute approximate surface area is 201 Å². The summed E-state index contributed by atoms with van der Waals surface area (Å²) in [6, 6.07) is 3.43. The quantitative estimate of drug-likeness (QED) is 0.574. The number of rotatable bonds is 5. The molecule has 0 saturated carbocycles. The largest absolute Gasteiger partial charge is 0.472 e. The molecule has 10 heteroatoms. The zero-order chi connectivity index (χ0) is 23.6. The van der Waals surface area contributed by atoms with Crippen LogP contribution in [0.15, 0.2) is 21.4 Å². The maximum Gasteiger partial charge on any atom is 0.410 e. The van der Waals surface area contributed by atoms with Gasteiger partial charge in [0.2, 0.25) is 0 Å². The van der Waals surface area contributed by atoms with Crippen molar-refractivity contribution in [2.75, 3.05) is 40.3 Å². The number of halogens is 2. The first-order valence-electron chi connectivity index (χ1n) is 10.6. The van der Waals surface area contributed by atoms with Gasteiger partial charge < -0.3 is 19.3 Å². The van der Waals surface area contributed by atoms with Crippen LogP contribution in [0, 0.1) is 0 Å². The smallest absolute Gasteiger partial charge is 0.410 e. The molecule has 1 fully saturated rings. The van der Waals surface area contributed by atoms with Gasteiger partial charge in [0.05, 0.1) is 16.1 Å². The summed E-state index contributed by atoms with van der Waals surface area (Å²) in [6.07, 6.45) is 0.897. The summed E-state index contributed by atoms with van der Waals surface area (Å²) in [5, 5.41) is 0.500.